The van der Waals surface area contributed by atoms with Crippen molar-refractivity contribution in [3.63, 3.8) is 0 Å². The quantitative estimate of drug-likeness (QED) is 0.473. The lowest BCUT2D eigenvalue weighted by Gasteiger charge is -2.27. The zero-order valence-corrected chi connectivity index (χ0v) is 5.58. The third kappa shape index (κ3) is 1.93. The molecule has 0 aromatic carbocycles. The fourth-order valence-corrected chi connectivity index (χ4v) is 1.25. The van der Waals surface area contributed by atoms with E-state index in [9.17, 15) is 0 Å². The van der Waals surface area contributed by atoms with Crippen molar-refractivity contribution < 1.29 is 5.11 Å². The Labute approximate surface area is 55.4 Å². The van der Waals surface area contributed by atoms with Crippen molar-refractivity contribution in [2.75, 3.05) is 19.7 Å². The molecule has 0 amide bonds. The molecule has 1 fully saturated rings. The van der Waals surface area contributed by atoms with Gasteiger partial charge in [-0.25, -0.2) is 5.01 Å². The van der Waals surface area contributed by atoms with Gasteiger partial charge in [0.25, 0.3) is 0 Å². The average Bonchev–Trinajstić information content (AvgIpc) is 1.88. The maximum Gasteiger partial charge on any atom is 0.0472 e. The first kappa shape index (κ1) is 6.99. The summed E-state index contributed by atoms with van der Waals surface area (Å²) in [7, 11) is 0. The number of nitrogens with two attached hydrogens (primary N) is 1. The Morgan fingerprint density at radius 1 is 1.67 bits per heavy atom. The van der Waals surface area contributed by atoms with Crippen molar-refractivity contribution >= 4 is 0 Å². The highest BCUT2D eigenvalue weighted by molar-refractivity contribution is 4.67. The third-order valence-electron chi connectivity index (χ3n) is 1.81. The maximum absolute atomic E-state index is 8.73. The molecule has 0 aromatic heterocycles. The van der Waals surface area contributed by atoms with Crippen LogP contribution in [0.5, 0.6) is 0 Å². The van der Waals surface area contributed by atoms with Crippen molar-refractivity contribution in [2.24, 2.45) is 11.8 Å². The van der Waals surface area contributed by atoms with E-state index in [1.807, 2.05) is 0 Å². The van der Waals surface area contributed by atoms with Crippen molar-refractivity contribution in [2.45, 2.75) is 12.8 Å². The van der Waals surface area contributed by atoms with E-state index >= 15 is 0 Å². The number of piperidine rings is 1. The van der Waals surface area contributed by atoms with Crippen LogP contribution in [0.3, 0.4) is 0 Å². The summed E-state index contributed by atoms with van der Waals surface area (Å²) >= 11 is 0. The molecule has 0 saturated carbocycles. The molecule has 1 saturated heterocycles. The van der Waals surface area contributed by atoms with Crippen LogP contribution >= 0.6 is 0 Å². The third-order valence-corrected chi connectivity index (χ3v) is 1.81. The van der Waals surface area contributed by atoms with E-state index in [2.05, 4.69) is 0 Å². The normalized spacial score (nSPS) is 30.7. The predicted octanol–water partition coefficient (Wildman–Crippen LogP) is -0.436. The van der Waals surface area contributed by atoms with Crippen molar-refractivity contribution in [1.82, 2.24) is 5.01 Å². The minimum Gasteiger partial charge on any atom is -0.396 e. The molecular formula is C6H14N2O. The van der Waals surface area contributed by atoms with E-state index in [0.717, 1.165) is 25.9 Å². The first-order valence-corrected chi connectivity index (χ1v) is 3.43. The number of hydrogen-bond acceptors (Lipinski definition) is 3. The van der Waals surface area contributed by atoms with Crippen LogP contribution in [0.1, 0.15) is 12.8 Å². The summed E-state index contributed by atoms with van der Waals surface area (Å²) in [6, 6.07) is 0. The second-order valence-electron chi connectivity index (χ2n) is 2.69. The molecule has 9 heavy (non-hydrogen) atoms. The molecule has 1 atom stereocenters. The molecule has 0 aliphatic carbocycles. The van der Waals surface area contributed by atoms with Crippen LogP contribution in [-0.2, 0) is 0 Å². The van der Waals surface area contributed by atoms with Gasteiger partial charge in [0.2, 0.25) is 0 Å². The van der Waals surface area contributed by atoms with Gasteiger partial charge in [-0.3, -0.25) is 5.84 Å². The molecule has 1 rings (SSSR count). The lowest BCUT2D eigenvalue weighted by atomic mass is 10.0. The van der Waals surface area contributed by atoms with Crippen LogP contribution < -0.4 is 5.84 Å². The van der Waals surface area contributed by atoms with Gasteiger partial charge in [0.1, 0.15) is 0 Å². The van der Waals surface area contributed by atoms with E-state index in [1.54, 1.807) is 5.01 Å². The molecule has 54 valence electrons. The Kier molecular flexibility index (Phi) is 2.45. The van der Waals surface area contributed by atoms with Crippen LogP contribution in [0.25, 0.3) is 0 Å². The van der Waals surface area contributed by atoms with Gasteiger partial charge in [0, 0.05) is 19.7 Å². The van der Waals surface area contributed by atoms with E-state index in [-0.39, 0.29) is 6.61 Å². The number of rotatable bonds is 1. The number of nitrogens with zero attached hydrogens (tertiary/aromatic N) is 1. The lowest BCUT2D eigenvalue weighted by molar-refractivity contribution is 0.121. The number of aliphatic hydroxyl groups is 1. The van der Waals surface area contributed by atoms with E-state index in [0.29, 0.717) is 5.92 Å². The Morgan fingerprint density at radius 3 is 2.89 bits per heavy atom. The van der Waals surface area contributed by atoms with Gasteiger partial charge in [-0.15, -0.1) is 0 Å². The number of hydrogen-bond donors (Lipinski definition) is 2. The highest BCUT2D eigenvalue weighted by Crippen LogP contribution is 2.12. The van der Waals surface area contributed by atoms with Gasteiger partial charge >= 0.3 is 0 Å². The minimum atomic E-state index is 0.285. The summed E-state index contributed by atoms with van der Waals surface area (Å²) < 4.78 is 0. The molecule has 0 aromatic rings. The first-order chi connectivity index (χ1) is 4.33. The molecule has 3 N–H and O–H groups in total. The maximum atomic E-state index is 8.73. The van der Waals surface area contributed by atoms with E-state index < -0.39 is 0 Å². The molecule has 0 bridgehead atoms. The van der Waals surface area contributed by atoms with Crippen LogP contribution in [0.2, 0.25) is 0 Å². The van der Waals surface area contributed by atoms with Gasteiger partial charge < -0.3 is 5.11 Å². The summed E-state index contributed by atoms with van der Waals surface area (Å²) in [6.07, 6.45) is 2.26. The van der Waals surface area contributed by atoms with E-state index in [1.165, 1.54) is 0 Å². The summed E-state index contributed by atoms with van der Waals surface area (Å²) in [5, 5.41) is 10.5. The highest BCUT2D eigenvalue weighted by atomic mass is 16.3. The molecule has 3 nitrogen and oxygen atoms in total. The number of aliphatic hydroxyl groups excluding tert-OH is 1. The zero-order chi connectivity index (χ0) is 6.69. The average molecular weight is 130 g/mol. The summed E-state index contributed by atoms with van der Waals surface area (Å²) in [5.74, 6) is 5.94. The molecule has 0 unspecified atom stereocenters. The second-order valence-corrected chi connectivity index (χ2v) is 2.69. The first-order valence-electron chi connectivity index (χ1n) is 3.43. The Balaban J connectivity index is 2.23. The zero-order valence-electron chi connectivity index (χ0n) is 5.58. The Morgan fingerprint density at radius 2 is 2.44 bits per heavy atom. The SMILES string of the molecule is NN1CCC[C@@H](CO)C1. The van der Waals surface area contributed by atoms with Crippen molar-refractivity contribution in [1.29, 1.82) is 0 Å². The number of hydrazine groups is 1. The standard InChI is InChI=1S/C6H14N2O/c7-8-3-1-2-6(4-8)5-9/h6,9H,1-5,7H2/t6-/m1/s1. The summed E-state index contributed by atoms with van der Waals surface area (Å²) in [5.41, 5.74) is 0. The van der Waals surface area contributed by atoms with Crippen LogP contribution in [0.15, 0.2) is 0 Å². The molecule has 1 aliphatic heterocycles. The van der Waals surface area contributed by atoms with Gasteiger partial charge in [-0.1, -0.05) is 0 Å². The Hall–Kier alpha value is -0.120. The fraction of sp³-hybridized carbons (Fsp3) is 1.00. The second kappa shape index (κ2) is 3.15. The van der Waals surface area contributed by atoms with Crippen molar-refractivity contribution in [3.8, 4) is 0 Å². The van der Waals surface area contributed by atoms with Crippen LogP contribution in [-0.4, -0.2) is 29.8 Å². The molecule has 0 spiro atoms. The fourth-order valence-electron chi connectivity index (χ4n) is 1.25. The van der Waals surface area contributed by atoms with Crippen LogP contribution in [0, 0.1) is 5.92 Å². The monoisotopic (exact) mass is 130 g/mol. The molecule has 0 radical (unpaired) electrons. The highest BCUT2D eigenvalue weighted by Gasteiger charge is 2.15. The predicted molar refractivity (Wildman–Crippen MR) is 35.6 cm³/mol. The molecule has 1 heterocycles. The van der Waals surface area contributed by atoms with E-state index in [4.69, 9.17) is 10.9 Å². The molecular weight excluding hydrogens is 116 g/mol. The summed E-state index contributed by atoms with van der Waals surface area (Å²) in [6.45, 7) is 2.13. The van der Waals surface area contributed by atoms with Gasteiger partial charge in [0.05, 0.1) is 0 Å². The molecule has 3 heteroatoms. The topological polar surface area (TPSA) is 49.5 Å². The Bertz CT molecular complexity index is 87.1. The van der Waals surface area contributed by atoms with Gasteiger partial charge in [0.15, 0.2) is 0 Å². The minimum absolute atomic E-state index is 0.285. The molecule has 1 aliphatic rings. The smallest absolute Gasteiger partial charge is 0.0472 e. The van der Waals surface area contributed by atoms with Gasteiger partial charge in [-0.2, -0.15) is 0 Å². The van der Waals surface area contributed by atoms with Gasteiger partial charge in [-0.05, 0) is 18.8 Å². The summed E-state index contributed by atoms with van der Waals surface area (Å²) in [4.78, 5) is 0. The van der Waals surface area contributed by atoms with Crippen LogP contribution in [0.4, 0.5) is 0 Å². The largest absolute Gasteiger partial charge is 0.396 e. The van der Waals surface area contributed by atoms with Crippen molar-refractivity contribution in [3.05, 3.63) is 0 Å². The lowest BCUT2D eigenvalue weighted by Crippen LogP contribution is -2.41.